The van der Waals surface area contributed by atoms with Gasteiger partial charge in [0.2, 0.25) is 0 Å². The molecule has 0 saturated carbocycles. The van der Waals surface area contributed by atoms with Gasteiger partial charge in [0, 0.05) is 28.1 Å². The molecule has 2 N–H and O–H groups in total. The molecule has 0 aliphatic heterocycles. The molecule has 0 bridgehead atoms. The van der Waals surface area contributed by atoms with E-state index in [1.165, 1.54) is 15.3 Å². The van der Waals surface area contributed by atoms with Gasteiger partial charge < -0.3 is 10.6 Å². The van der Waals surface area contributed by atoms with Crippen molar-refractivity contribution in [1.82, 2.24) is 5.32 Å². The average molecular weight is 274 g/mol. The topological polar surface area (TPSA) is 41.1 Å². The van der Waals surface area contributed by atoms with E-state index in [9.17, 15) is 4.79 Å². The highest BCUT2D eigenvalue weighted by atomic mass is 32.1. The minimum atomic E-state index is -0.0358. The molecule has 0 unspecified atom stereocenters. The van der Waals surface area contributed by atoms with Gasteiger partial charge in [0.15, 0.2) is 0 Å². The normalized spacial score (nSPS) is 10.3. The van der Waals surface area contributed by atoms with Crippen LogP contribution in [0, 0.1) is 13.8 Å². The number of aryl methyl sites for hydroxylation is 2. The highest BCUT2D eigenvalue weighted by Gasteiger charge is 2.06. The van der Waals surface area contributed by atoms with Crippen molar-refractivity contribution < 1.29 is 4.79 Å². The number of rotatable bonds is 4. The third kappa shape index (κ3) is 3.35. The average Bonchev–Trinajstić information content (AvgIpc) is 2.75. The molecule has 1 aromatic carbocycles. The summed E-state index contributed by atoms with van der Waals surface area (Å²) in [5.74, 6) is -0.0358. The largest absolute Gasteiger partial charge is 0.388 e. The maximum atomic E-state index is 12.0. The first kappa shape index (κ1) is 13.6. The Kier molecular flexibility index (Phi) is 4.22. The summed E-state index contributed by atoms with van der Waals surface area (Å²) in [6.07, 6.45) is 0. The molecule has 0 spiro atoms. The number of carbonyl (C=O) groups excluding carboxylic acids is 1. The van der Waals surface area contributed by atoms with Crippen molar-refractivity contribution >= 4 is 22.9 Å². The van der Waals surface area contributed by atoms with Gasteiger partial charge in [-0.3, -0.25) is 4.79 Å². The molecule has 19 heavy (non-hydrogen) atoms. The molecule has 2 aromatic rings. The van der Waals surface area contributed by atoms with E-state index in [1.807, 2.05) is 31.3 Å². The number of hydrogen-bond donors (Lipinski definition) is 2. The Morgan fingerprint density at radius 3 is 2.42 bits per heavy atom. The van der Waals surface area contributed by atoms with Gasteiger partial charge in [-0.1, -0.05) is 0 Å². The number of carbonyl (C=O) groups is 1. The Hall–Kier alpha value is -1.81. The Balaban J connectivity index is 1.96. The first-order chi connectivity index (χ1) is 9.10. The van der Waals surface area contributed by atoms with E-state index in [0.717, 1.165) is 5.69 Å². The lowest BCUT2D eigenvalue weighted by molar-refractivity contribution is 0.0951. The van der Waals surface area contributed by atoms with Crippen LogP contribution in [0.1, 0.15) is 25.7 Å². The van der Waals surface area contributed by atoms with Crippen LogP contribution in [0.2, 0.25) is 0 Å². The van der Waals surface area contributed by atoms with Crippen molar-refractivity contribution in [3.8, 4) is 0 Å². The third-order valence-electron chi connectivity index (χ3n) is 3.08. The monoisotopic (exact) mass is 274 g/mol. The Morgan fingerprint density at radius 1 is 1.21 bits per heavy atom. The predicted octanol–water partition coefficient (Wildman–Crippen LogP) is 3.34. The molecule has 3 nitrogen and oxygen atoms in total. The summed E-state index contributed by atoms with van der Waals surface area (Å²) >= 11 is 1.73. The van der Waals surface area contributed by atoms with Crippen LogP contribution in [-0.4, -0.2) is 13.0 Å². The second-order valence-corrected chi connectivity index (χ2v) is 5.80. The predicted molar refractivity (Wildman–Crippen MR) is 81.0 cm³/mol. The Morgan fingerprint density at radius 2 is 1.89 bits per heavy atom. The van der Waals surface area contributed by atoms with Gasteiger partial charge in [0.1, 0.15) is 0 Å². The van der Waals surface area contributed by atoms with Gasteiger partial charge in [-0.2, -0.15) is 0 Å². The van der Waals surface area contributed by atoms with Crippen LogP contribution in [0.15, 0.2) is 30.3 Å². The number of amides is 1. The first-order valence-corrected chi connectivity index (χ1v) is 7.03. The fourth-order valence-electron chi connectivity index (χ4n) is 1.79. The fraction of sp³-hybridized carbons (Fsp3) is 0.267. The minimum absolute atomic E-state index is 0.0358. The van der Waals surface area contributed by atoms with E-state index in [2.05, 4.69) is 30.5 Å². The van der Waals surface area contributed by atoms with E-state index in [4.69, 9.17) is 0 Å². The van der Waals surface area contributed by atoms with Crippen LogP contribution < -0.4 is 10.6 Å². The highest BCUT2D eigenvalue weighted by Crippen LogP contribution is 2.20. The van der Waals surface area contributed by atoms with Gasteiger partial charge in [-0.15, -0.1) is 11.3 Å². The number of hydrogen-bond acceptors (Lipinski definition) is 3. The maximum Gasteiger partial charge on any atom is 0.251 e. The maximum absolute atomic E-state index is 12.0. The second-order valence-electron chi connectivity index (χ2n) is 4.46. The summed E-state index contributed by atoms with van der Waals surface area (Å²) in [5.41, 5.74) is 2.97. The smallest absolute Gasteiger partial charge is 0.251 e. The molecule has 0 saturated heterocycles. The summed E-state index contributed by atoms with van der Waals surface area (Å²) in [5, 5.41) is 5.97. The van der Waals surface area contributed by atoms with E-state index in [0.29, 0.717) is 12.1 Å². The zero-order valence-corrected chi connectivity index (χ0v) is 12.2. The van der Waals surface area contributed by atoms with E-state index in [1.54, 1.807) is 11.3 Å². The number of nitrogens with one attached hydrogen (secondary N) is 2. The summed E-state index contributed by atoms with van der Waals surface area (Å²) in [4.78, 5) is 14.5. The van der Waals surface area contributed by atoms with Crippen molar-refractivity contribution in [3.63, 3.8) is 0 Å². The van der Waals surface area contributed by atoms with Gasteiger partial charge >= 0.3 is 0 Å². The quantitative estimate of drug-likeness (QED) is 0.898. The van der Waals surface area contributed by atoms with Crippen LogP contribution in [0.4, 0.5) is 5.69 Å². The zero-order chi connectivity index (χ0) is 13.8. The van der Waals surface area contributed by atoms with Crippen molar-refractivity contribution in [1.29, 1.82) is 0 Å². The van der Waals surface area contributed by atoms with E-state index < -0.39 is 0 Å². The zero-order valence-electron chi connectivity index (χ0n) is 11.4. The molecule has 2 rings (SSSR count). The summed E-state index contributed by atoms with van der Waals surface area (Å²) in [6.45, 7) is 4.78. The second kappa shape index (κ2) is 5.89. The van der Waals surface area contributed by atoms with Crippen LogP contribution >= 0.6 is 11.3 Å². The number of benzene rings is 1. The van der Waals surface area contributed by atoms with Crippen LogP contribution in [-0.2, 0) is 6.54 Å². The van der Waals surface area contributed by atoms with Crippen molar-refractivity contribution in [3.05, 3.63) is 51.2 Å². The van der Waals surface area contributed by atoms with Gasteiger partial charge in [-0.05, 0) is 49.7 Å². The molecule has 4 heteroatoms. The lowest BCUT2D eigenvalue weighted by Crippen LogP contribution is -2.22. The fourth-order valence-corrected chi connectivity index (χ4v) is 2.79. The van der Waals surface area contributed by atoms with Crippen molar-refractivity contribution in [2.75, 3.05) is 12.4 Å². The van der Waals surface area contributed by atoms with Gasteiger partial charge in [0.05, 0.1) is 6.54 Å². The molecule has 100 valence electrons. The minimum Gasteiger partial charge on any atom is -0.388 e. The van der Waals surface area contributed by atoms with Crippen LogP contribution in [0.25, 0.3) is 0 Å². The molecule has 0 radical (unpaired) electrons. The Labute approximate surface area is 117 Å². The van der Waals surface area contributed by atoms with Gasteiger partial charge in [-0.25, -0.2) is 0 Å². The molecule has 0 aliphatic carbocycles. The van der Waals surface area contributed by atoms with Gasteiger partial charge in [0.25, 0.3) is 5.91 Å². The summed E-state index contributed by atoms with van der Waals surface area (Å²) in [6, 6.07) is 9.57. The lowest BCUT2D eigenvalue weighted by Gasteiger charge is -2.05. The van der Waals surface area contributed by atoms with Crippen LogP contribution in [0.3, 0.4) is 0 Å². The highest BCUT2D eigenvalue weighted by molar-refractivity contribution is 7.12. The van der Waals surface area contributed by atoms with Crippen LogP contribution in [0.5, 0.6) is 0 Å². The number of anilines is 1. The number of thiophene rings is 1. The molecule has 1 amide bonds. The first-order valence-electron chi connectivity index (χ1n) is 6.22. The van der Waals surface area contributed by atoms with E-state index in [-0.39, 0.29) is 5.91 Å². The SMILES string of the molecule is CNc1ccc(C(=O)NCc2cc(C)c(C)s2)cc1. The molecule has 1 heterocycles. The van der Waals surface area contributed by atoms with E-state index >= 15 is 0 Å². The molecule has 1 aromatic heterocycles. The standard InChI is InChI=1S/C15H18N2OS/c1-10-8-14(19-11(10)2)9-17-15(18)12-4-6-13(16-3)7-5-12/h4-8,16H,9H2,1-3H3,(H,17,18). The van der Waals surface area contributed by atoms with Crippen molar-refractivity contribution in [2.24, 2.45) is 0 Å². The Bertz CT molecular complexity index is 553. The summed E-state index contributed by atoms with van der Waals surface area (Å²) < 4.78 is 0. The lowest BCUT2D eigenvalue weighted by atomic mass is 10.2. The third-order valence-corrected chi connectivity index (χ3v) is 4.23. The summed E-state index contributed by atoms with van der Waals surface area (Å²) in [7, 11) is 1.86. The molecule has 0 atom stereocenters. The molecule has 0 aliphatic rings. The van der Waals surface area contributed by atoms with Crippen molar-refractivity contribution in [2.45, 2.75) is 20.4 Å². The molecular weight excluding hydrogens is 256 g/mol. The molecular formula is C15H18N2OS. The molecule has 0 fully saturated rings.